The maximum atomic E-state index is 13.7. The maximum Gasteiger partial charge on any atom is 0.243 e. The molecule has 0 heterocycles. The van der Waals surface area contributed by atoms with E-state index in [0.29, 0.717) is 25.4 Å². The van der Waals surface area contributed by atoms with Crippen molar-refractivity contribution in [3.8, 4) is 5.75 Å². The monoisotopic (exact) mass is 472 g/mol. The molecule has 0 spiro atoms. The predicted molar refractivity (Wildman–Crippen MR) is 140 cm³/mol. The van der Waals surface area contributed by atoms with Crippen molar-refractivity contribution in [2.45, 2.75) is 45.7 Å². The van der Waals surface area contributed by atoms with E-state index in [1.807, 2.05) is 84.9 Å². The third-order valence-electron chi connectivity index (χ3n) is 6.00. The molecule has 0 bridgehead atoms. The smallest absolute Gasteiger partial charge is 0.243 e. The van der Waals surface area contributed by atoms with Crippen molar-refractivity contribution in [1.29, 1.82) is 0 Å². The summed E-state index contributed by atoms with van der Waals surface area (Å²) >= 11 is 0. The second-order valence-corrected chi connectivity index (χ2v) is 9.21. The lowest BCUT2D eigenvalue weighted by Gasteiger charge is -2.32. The Labute approximate surface area is 209 Å². The molecule has 5 nitrogen and oxygen atoms in total. The Hall–Kier alpha value is -3.60. The van der Waals surface area contributed by atoms with Gasteiger partial charge in [0.15, 0.2) is 0 Å². The van der Waals surface area contributed by atoms with Crippen LogP contribution in [0.15, 0.2) is 84.9 Å². The van der Waals surface area contributed by atoms with Crippen molar-refractivity contribution < 1.29 is 14.3 Å². The number of methoxy groups -OCH3 is 1. The van der Waals surface area contributed by atoms with Gasteiger partial charge >= 0.3 is 0 Å². The molecule has 5 heteroatoms. The van der Waals surface area contributed by atoms with Crippen molar-refractivity contribution >= 4 is 11.8 Å². The highest BCUT2D eigenvalue weighted by Crippen LogP contribution is 2.19. The zero-order chi connectivity index (χ0) is 25.0. The minimum absolute atomic E-state index is 0.0769. The number of hydrogen-bond acceptors (Lipinski definition) is 3. The maximum absolute atomic E-state index is 13.7. The van der Waals surface area contributed by atoms with Gasteiger partial charge in [-0.2, -0.15) is 0 Å². The molecule has 3 aromatic rings. The van der Waals surface area contributed by atoms with E-state index in [9.17, 15) is 9.59 Å². The summed E-state index contributed by atoms with van der Waals surface area (Å²) in [5.74, 6) is 1.04. The summed E-state index contributed by atoms with van der Waals surface area (Å²) in [6, 6.07) is 26.6. The first-order valence-electron chi connectivity index (χ1n) is 12.2. The Morgan fingerprint density at radius 2 is 1.43 bits per heavy atom. The van der Waals surface area contributed by atoms with Crippen LogP contribution in [0.1, 0.15) is 37.0 Å². The normalized spacial score (nSPS) is 11.7. The van der Waals surface area contributed by atoms with Crippen molar-refractivity contribution in [2.24, 2.45) is 5.92 Å². The molecule has 0 aromatic heterocycles. The molecule has 0 radical (unpaired) electrons. The van der Waals surface area contributed by atoms with Crippen LogP contribution in [0, 0.1) is 5.92 Å². The van der Waals surface area contributed by atoms with E-state index in [0.717, 1.165) is 28.9 Å². The van der Waals surface area contributed by atoms with Gasteiger partial charge in [0.2, 0.25) is 11.8 Å². The van der Waals surface area contributed by atoms with Gasteiger partial charge in [-0.25, -0.2) is 0 Å². The third-order valence-corrected chi connectivity index (χ3v) is 6.00. The number of nitrogens with zero attached hydrogens (tertiary/aromatic N) is 1. The van der Waals surface area contributed by atoms with E-state index >= 15 is 0 Å². The lowest BCUT2D eigenvalue weighted by Crippen LogP contribution is -2.51. The number of carbonyl (C=O) groups is 2. The van der Waals surface area contributed by atoms with Gasteiger partial charge in [-0.15, -0.1) is 0 Å². The van der Waals surface area contributed by atoms with E-state index in [1.54, 1.807) is 12.0 Å². The Bertz CT molecular complexity index is 1050. The van der Waals surface area contributed by atoms with E-state index in [1.165, 1.54) is 0 Å². The molecule has 1 unspecified atom stereocenters. The molecular weight excluding hydrogens is 436 g/mol. The summed E-state index contributed by atoms with van der Waals surface area (Å²) < 4.78 is 5.28. The van der Waals surface area contributed by atoms with Crippen LogP contribution in [0.3, 0.4) is 0 Å². The van der Waals surface area contributed by atoms with Crippen LogP contribution < -0.4 is 10.1 Å². The van der Waals surface area contributed by atoms with Crippen LogP contribution in [0.5, 0.6) is 5.75 Å². The number of benzene rings is 3. The molecule has 0 saturated heterocycles. The van der Waals surface area contributed by atoms with Gasteiger partial charge in [-0.1, -0.05) is 86.6 Å². The molecular formula is C30H36N2O3. The minimum atomic E-state index is -0.622. The first-order valence-corrected chi connectivity index (χ1v) is 12.2. The molecule has 0 aliphatic carbocycles. The second kappa shape index (κ2) is 13.3. The highest BCUT2D eigenvalue weighted by Gasteiger charge is 2.30. The predicted octanol–water partition coefficient (Wildman–Crippen LogP) is 5.04. The Balaban J connectivity index is 1.91. The summed E-state index contributed by atoms with van der Waals surface area (Å²) in [5.41, 5.74) is 2.89. The van der Waals surface area contributed by atoms with Gasteiger partial charge < -0.3 is 15.0 Å². The summed E-state index contributed by atoms with van der Waals surface area (Å²) in [6.45, 7) is 5.19. The second-order valence-electron chi connectivity index (χ2n) is 9.21. The fraction of sp³-hybridized carbons (Fsp3) is 0.333. The van der Waals surface area contributed by atoms with Crippen molar-refractivity contribution in [1.82, 2.24) is 10.2 Å². The van der Waals surface area contributed by atoms with Gasteiger partial charge in [0.1, 0.15) is 11.8 Å². The Morgan fingerprint density at radius 3 is 2.00 bits per heavy atom. The topological polar surface area (TPSA) is 58.6 Å². The number of ether oxygens (including phenoxy) is 1. The van der Waals surface area contributed by atoms with Crippen molar-refractivity contribution in [3.05, 3.63) is 102 Å². The summed E-state index contributed by atoms with van der Waals surface area (Å²) in [5, 5.41) is 3.08. The number of hydrogen-bond donors (Lipinski definition) is 1. The minimum Gasteiger partial charge on any atom is -0.497 e. The van der Waals surface area contributed by atoms with E-state index in [-0.39, 0.29) is 18.2 Å². The molecule has 0 saturated carbocycles. The third kappa shape index (κ3) is 8.29. The number of nitrogens with one attached hydrogen (secondary N) is 1. The molecule has 3 rings (SSSR count). The quantitative estimate of drug-likeness (QED) is 0.402. The van der Waals surface area contributed by atoms with Gasteiger partial charge in [0.05, 0.1) is 13.5 Å². The SMILES string of the molecule is COc1ccc(CN(C(=O)Cc2ccccc2)C(Cc2ccccc2)C(=O)NCCC(C)C)cc1. The Morgan fingerprint density at radius 1 is 0.829 bits per heavy atom. The van der Waals surface area contributed by atoms with Crippen LogP contribution in [0.2, 0.25) is 0 Å². The summed E-state index contributed by atoms with van der Waals surface area (Å²) in [4.78, 5) is 28.9. The van der Waals surface area contributed by atoms with Gasteiger partial charge in [0.25, 0.3) is 0 Å². The fourth-order valence-corrected chi connectivity index (χ4v) is 3.96. The van der Waals surface area contributed by atoms with Crippen LogP contribution >= 0.6 is 0 Å². The van der Waals surface area contributed by atoms with Gasteiger partial charge in [-0.3, -0.25) is 9.59 Å². The lowest BCUT2D eigenvalue weighted by atomic mass is 10.0. The molecule has 184 valence electrons. The number of rotatable bonds is 12. The standard InChI is InChI=1S/C30H36N2O3/c1-23(2)18-19-31-30(34)28(20-24-10-6-4-7-11-24)32(22-26-14-16-27(35-3)17-15-26)29(33)21-25-12-8-5-9-13-25/h4-17,23,28H,18-22H2,1-3H3,(H,31,34). The molecule has 1 N–H and O–H groups in total. The average molecular weight is 473 g/mol. The zero-order valence-electron chi connectivity index (χ0n) is 20.9. The van der Waals surface area contributed by atoms with E-state index in [2.05, 4.69) is 19.2 Å². The number of amides is 2. The Kier molecular flexibility index (Phi) is 9.91. The molecule has 2 amide bonds. The molecule has 1 atom stereocenters. The van der Waals surface area contributed by atoms with Crippen LogP contribution in [0.25, 0.3) is 0 Å². The van der Waals surface area contributed by atoms with Gasteiger partial charge in [0, 0.05) is 19.5 Å². The van der Waals surface area contributed by atoms with Gasteiger partial charge in [-0.05, 0) is 41.2 Å². The van der Waals surface area contributed by atoms with E-state index in [4.69, 9.17) is 4.74 Å². The lowest BCUT2D eigenvalue weighted by molar-refractivity contribution is -0.140. The van der Waals surface area contributed by atoms with Crippen LogP contribution in [0.4, 0.5) is 0 Å². The fourth-order valence-electron chi connectivity index (χ4n) is 3.96. The van der Waals surface area contributed by atoms with E-state index < -0.39 is 6.04 Å². The molecule has 0 aliphatic rings. The van der Waals surface area contributed by atoms with Crippen LogP contribution in [-0.2, 0) is 29.0 Å². The van der Waals surface area contributed by atoms with Crippen molar-refractivity contribution in [3.63, 3.8) is 0 Å². The molecule has 0 fully saturated rings. The summed E-state index contributed by atoms with van der Waals surface area (Å²) in [7, 11) is 1.63. The zero-order valence-corrected chi connectivity index (χ0v) is 20.9. The van der Waals surface area contributed by atoms with Crippen molar-refractivity contribution in [2.75, 3.05) is 13.7 Å². The number of carbonyl (C=O) groups excluding carboxylic acids is 2. The largest absolute Gasteiger partial charge is 0.497 e. The molecule has 0 aliphatic heterocycles. The highest BCUT2D eigenvalue weighted by molar-refractivity contribution is 5.88. The average Bonchev–Trinajstić information content (AvgIpc) is 2.87. The first kappa shape index (κ1) is 26.0. The summed E-state index contributed by atoms with van der Waals surface area (Å²) in [6.07, 6.45) is 1.58. The first-order chi connectivity index (χ1) is 17.0. The van der Waals surface area contributed by atoms with Crippen LogP contribution in [-0.4, -0.2) is 36.4 Å². The molecule has 3 aromatic carbocycles. The highest BCUT2D eigenvalue weighted by atomic mass is 16.5. The molecule has 35 heavy (non-hydrogen) atoms.